The number of hydrogen-bond acceptors (Lipinski definition) is 7. The molecule has 0 heterocycles. The highest BCUT2D eigenvalue weighted by Crippen LogP contribution is 2.09. The van der Waals surface area contributed by atoms with E-state index in [9.17, 15) is 24.3 Å². The lowest BCUT2D eigenvalue weighted by Crippen LogP contribution is -2.45. The summed E-state index contributed by atoms with van der Waals surface area (Å²) >= 11 is 0. The predicted octanol–water partition coefficient (Wildman–Crippen LogP) is 0.535. The summed E-state index contributed by atoms with van der Waals surface area (Å²) in [4.78, 5) is 47.3. The van der Waals surface area contributed by atoms with Crippen molar-refractivity contribution in [2.75, 3.05) is 14.2 Å². The number of carbonyl (C=O) groups excluding carboxylic acids is 4. The fraction of sp³-hybridized carbons (Fsp3) is 0.789. The Balaban J connectivity index is 4.35. The summed E-state index contributed by atoms with van der Waals surface area (Å²) in [6, 6.07) is -1.49. The Bertz CT molecular complexity index is 488. The molecule has 0 saturated heterocycles. The molecule has 9 nitrogen and oxygen atoms in total. The Labute approximate surface area is 166 Å². The van der Waals surface area contributed by atoms with Crippen molar-refractivity contribution in [2.45, 2.75) is 71.6 Å². The van der Waals surface area contributed by atoms with Gasteiger partial charge in [0.2, 0.25) is 11.8 Å². The molecule has 0 aliphatic heterocycles. The maximum absolute atomic E-state index is 12.0. The molecular formula is C19H34N2O7. The molecule has 0 rings (SSSR count). The lowest BCUT2D eigenvalue weighted by atomic mass is 10.0. The van der Waals surface area contributed by atoms with Crippen molar-refractivity contribution in [3.8, 4) is 0 Å². The van der Waals surface area contributed by atoms with Crippen LogP contribution in [0.25, 0.3) is 0 Å². The summed E-state index contributed by atoms with van der Waals surface area (Å²) in [6.07, 6.45) is -0.534. The Morgan fingerprint density at radius 1 is 0.750 bits per heavy atom. The molecule has 0 unspecified atom stereocenters. The second-order valence-corrected chi connectivity index (χ2v) is 7.36. The van der Waals surface area contributed by atoms with Crippen LogP contribution in [0.2, 0.25) is 0 Å². The van der Waals surface area contributed by atoms with Gasteiger partial charge in [0.15, 0.2) is 0 Å². The van der Waals surface area contributed by atoms with Crippen LogP contribution >= 0.6 is 0 Å². The van der Waals surface area contributed by atoms with Crippen LogP contribution in [0.4, 0.5) is 0 Å². The summed E-state index contributed by atoms with van der Waals surface area (Å²) in [6.45, 7) is 7.14. The molecule has 2 atom stereocenters. The molecule has 0 aromatic heterocycles. The Morgan fingerprint density at radius 2 is 1.07 bits per heavy atom. The highest BCUT2D eigenvalue weighted by molar-refractivity contribution is 5.85. The summed E-state index contributed by atoms with van der Waals surface area (Å²) in [5, 5.41) is 15.2. The third-order valence-electron chi connectivity index (χ3n) is 4.29. The second-order valence-electron chi connectivity index (χ2n) is 7.36. The van der Waals surface area contributed by atoms with Gasteiger partial charge < -0.3 is 25.2 Å². The van der Waals surface area contributed by atoms with Crippen LogP contribution in [0.3, 0.4) is 0 Å². The van der Waals surface area contributed by atoms with Crippen LogP contribution in [-0.4, -0.2) is 61.3 Å². The molecule has 3 N–H and O–H groups in total. The second kappa shape index (κ2) is 13.1. The number of esters is 2. The van der Waals surface area contributed by atoms with Crippen molar-refractivity contribution < 1.29 is 33.8 Å². The van der Waals surface area contributed by atoms with Gasteiger partial charge in [-0.1, -0.05) is 27.7 Å². The van der Waals surface area contributed by atoms with E-state index in [0.29, 0.717) is 0 Å². The molecule has 28 heavy (non-hydrogen) atoms. The fourth-order valence-electron chi connectivity index (χ4n) is 2.48. The van der Waals surface area contributed by atoms with E-state index in [1.165, 1.54) is 14.2 Å². The average Bonchev–Trinajstić information content (AvgIpc) is 2.65. The largest absolute Gasteiger partial charge is 0.467 e. The van der Waals surface area contributed by atoms with E-state index < -0.39 is 30.1 Å². The zero-order valence-corrected chi connectivity index (χ0v) is 17.6. The van der Waals surface area contributed by atoms with Gasteiger partial charge in [-0.25, -0.2) is 9.59 Å². The lowest BCUT2D eigenvalue weighted by molar-refractivity contribution is -0.146. The molecule has 0 aliphatic rings. The third kappa shape index (κ3) is 9.68. The summed E-state index contributed by atoms with van der Waals surface area (Å²) in [5.74, 6) is -2.06. The van der Waals surface area contributed by atoms with Crippen LogP contribution in [0.5, 0.6) is 0 Å². The maximum atomic E-state index is 12.0. The van der Waals surface area contributed by atoms with E-state index in [1.54, 1.807) is 27.7 Å². The molecule has 2 amide bonds. The van der Waals surface area contributed by atoms with E-state index in [4.69, 9.17) is 0 Å². The molecule has 0 radical (unpaired) electrons. The fourth-order valence-corrected chi connectivity index (χ4v) is 2.48. The number of methoxy groups -OCH3 is 2. The standard InChI is InChI=1S/C19H34N2O7/c1-11(2)16(18(25)27-5)20-14(23)9-7-13(22)8-10-15(24)21-17(12(3)4)19(26)28-6/h11-13,16-17,22H,7-10H2,1-6H3,(H,20,23)(H,21,24)/t16-,17-/m0/s1. The number of aliphatic hydroxyl groups excluding tert-OH is 1. The molecule has 0 aromatic rings. The van der Waals surface area contributed by atoms with Crippen molar-refractivity contribution in [2.24, 2.45) is 11.8 Å². The number of rotatable bonds is 12. The number of aliphatic hydroxyl groups is 1. The number of carbonyl (C=O) groups is 4. The molecule has 0 aromatic carbocycles. The maximum Gasteiger partial charge on any atom is 0.328 e. The minimum atomic E-state index is -0.859. The lowest BCUT2D eigenvalue weighted by Gasteiger charge is -2.21. The normalized spacial score (nSPS) is 13.2. The van der Waals surface area contributed by atoms with Gasteiger partial charge in [0.05, 0.1) is 20.3 Å². The van der Waals surface area contributed by atoms with Crippen LogP contribution in [0.1, 0.15) is 53.4 Å². The van der Waals surface area contributed by atoms with E-state index >= 15 is 0 Å². The first kappa shape index (κ1) is 25.8. The smallest absolute Gasteiger partial charge is 0.328 e. The highest BCUT2D eigenvalue weighted by atomic mass is 16.5. The number of nitrogens with one attached hydrogen (secondary N) is 2. The van der Waals surface area contributed by atoms with Crippen LogP contribution in [0, 0.1) is 11.8 Å². The van der Waals surface area contributed by atoms with Gasteiger partial charge in [-0.3, -0.25) is 9.59 Å². The number of amides is 2. The van der Waals surface area contributed by atoms with Crippen LogP contribution in [0.15, 0.2) is 0 Å². The summed E-state index contributed by atoms with van der Waals surface area (Å²) in [5.41, 5.74) is 0. The third-order valence-corrected chi connectivity index (χ3v) is 4.29. The van der Waals surface area contributed by atoms with Crippen molar-refractivity contribution in [3.05, 3.63) is 0 Å². The molecule has 0 spiro atoms. The molecule has 0 aliphatic carbocycles. The zero-order chi connectivity index (χ0) is 21.9. The number of ether oxygens (including phenoxy) is 2. The molecule has 9 heteroatoms. The van der Waals surface area contributed by atoms with E-state index in [0.717, 1.165) is 0 Å². The average molecular weight is 402 g/mol. The van der Waals surface area contributed by atoms with Gasteiger partial charge >= 0.3 is 11.9 Å². The van der Waals surface area contributed by atoms with Gasteiger partial charge in [-0.05, 0) is 24.7 Å². The first-order chi connectivity index (χ1) is 13.0. The SMILES string of the molecule is COC(=O)[C@@H](NC(=O)CCC(O)CCC(=O)N[C@H](C(=O)OC)C(C)C)C(C)C. The van der Waals surface area contributed by atoms with Crippen LogP contribution in [-0.2, 0) is 28.7 Å². The summed E-state index contributed by atoms with van der Waals surface area (Å²) < 4.78 is 9.32. The monoisotopic (exact) mass is 402 g/mol. The minimum Gasteiger partial charge on any atom is -0.467 e. The van der Waals surface area contributed by atoms with Gasteiger partial charge in [-0.2, -0.15) is 0 Å². The number of hydrogen-bond donors (Lipinski definition) is 3. The van der Waals surface area contributed by atoms with Gasteiger partial charge in [0.1, 0.15) is 12.1 Å². The molecular weight excluding hydrogens is 368 g/mol. The molecule has 0 saturated carbocycles. The van der Waals surface area contributed by atoms with Crippen molar-refractivity contribution in [1.29, 1.82) is 0 Å². The summed E-state index contributed by atoms with van der Waals surface area (Å²) in [7, 11) is 2.51. The topological polar surface area (TPSA) is 131 Å². The zero-order valence-electron chi connectivity index (χ0n) is 17.6. The van der Waals surface area contributed by atoms with Gasteiger partial charge in [-0.15, -0.1) is 0 Å². The first-order valence-corrected chi connectivity index (χ1v) is 9.45. The Morgan fingerprint density at radius 3 is 1.32 bits per heavy atom. The molecule has 162 valence electrons. The van der Waals surface area contributed by atoms with Gasteiger partial charge in [0.25, 0.3) is 0 Å². The first-order valence-electron chi connectivity index (χ1n) is 9.45. The molecule has 0 bridgehead atoms. The van der Waals surface area contributed by atoms with Crippen molar-refractivity contribution >= 4 is 23.8 Å². The van der Waals surface area contributed by atoms with E-state index in [-0.39, 0.29) is 49.3 Å². The van der Waals surface area contributed by atoms with Crippen molar-refractivity contribution in [1.82, 2.24) is 10.6 Å². The minimum absolute atomic E-state index is 0.0137. The van der Waals surface area contributed by atoms with Crippen molar-refractivity contribution in [3.63, 3.8) is 0 Å². The van der Waals surface area contributed by atoms with Gasteiger partial charge in [0, 0.05) is 12.8 Å². The Hall–Kier alpha value is -2.16. The predicted molar refractivity (Wildman–Crippen MR) is 102 cm³/mol. The van der Waals surface area contributed by atoms with Crippen LogP contribution < -0.4 is 10.6 Å². The quantitative estimate of drug-likeness (QED) is 0.406. The highest BCUT2D eigenvalue weighted by Gasteiger charge is 2.26. The van der Waals surface area contributed by atoms with E-state index in [2.05, 4.69) is 20.1 Å². The Kier molecular flexibility index (Phi) is 12.1. The van der Waals surface area contributed by atoms with E-state index in [1.807, 2.05) is 0 Å². The molecule has 0 fully saturated rings.